The van der Waals surface area contributed by atoms with Crippen LogP contribution in [0.25, 0.3) is 0 Å². The third-order valence-corrected chi connectivity index (χ3v) is 20.3. The number of nitrogens with zero attached hydrogens (tertiary/aromatic N) is 9. The number of fused-ring (bicyclic) bond motifs is 6. The molecule has 0 aliphatic carbocycles. The summed E-state index contributed by atoms with van der Waals surface area (Å²) in [7, 11) is 0. The lowest BCUT2D eigenvalue weighted by atomic mass is 9.98. The quantitative estimate of drug-likeness (QED) is 0.0231. The van der Waals surface area contributed by atoms with Crippen LogP contribution in [0, 0.1) is 10.8 Å². The van der Waals surface area contributed by atoms with Gasteiger partial charge in [0, 0.05) is 81.3 Å². The molecule has 0 fully saturated rings. The second kappa shape index (κ2) is 37.7. The molecule has 25 heteroatoms. The highest BCUT2D eigenvalue weighted by Crippen LogP contribution is 2.38. The number of benzene rings is 9. The van der Waals surface area contributed by atoms with Crippen molar-refractivity contribution in [2.75, 3.05) is 17.7 Å². The van der Waals surface area contributed by atoms with Gasteiger partial charge in [0.05, 0.1) is 85.1 Å². The third-order valence-electron chi connectivity index (χ3n) is 19.6. The maximum Gasteiger partial charge on any atom is 0.435 e. The standard InChI is InChI=1S/C42H49N5O6.C26H24N6.C22H18N4.C8H15NO2S/c1-25(43-37(48)51-40(2,3)4)19-26-11-17-32-30(20-26)23-34(44-32)28-13-15-29(16-14-28)35-24-31-21-27(12-18-33(31)45-35)22-36(46-38(49)52-41(5,6)7)47-39(50)53-42(8,9)10;27-25(28)11-15-1-7-21-19(9-15)13-23(31-21)17-3-5-18(6-4-17)24-14-20-10-16(12-26(29)30)2-8-22(20)32-24;23-17-5-7-19-15(9-17)11-21(25-19)13-1-2-14(4-3-13)22-12-16-10-18(24)6-8-20(16)26-22;1-6(12-5)9-7(10)11-8(2,3)4/h11-18,20-21H,19,22-24H2,1-10H3,(H,46,47,49,50);1-10H,11-14H2,(H3,27,28)(H3,29,30);1-10H,11-12,23-24H2;1-5H3. The number of carbonyl (C=O) groups excluding carboxylic acids is 4. The second-order valence-electron chi connectivity index (χ2n) is 34.8. The largest absolute Gasteiger partial charge is 0.444 e. The Morgan fingerprint density at radius 3 is 0.886 bits per heavy atom. The lowest BCUT2D eigenvalue weighted by molar-refractivity contribution is 0.0555. The predicted octanol–water partition coefficient (Wildman–Crippen LogP) is 20.3. The number of amidine groups is 3. The van der Waals surface area contributed by atoms with Crippen LogP contribution in [0.15, 0.2) is 227 Å². The van der Waals surface area contributed by atoms with Crippen molar-refractivity contribution in [2.45, 2.75) is 184 Å². The van der Waals surface area contributed by atoms with Gasteiger partial charge in [-0.05, 0) is 253 Å². The molecule has 0 unspecified atom stereocenters. The zero-order chi connectivity index (χ0) is 88.4. The van der Waals surface area contributed by atoms with Crippen LogP contribution in [-0.4, -0.2) is 116 Å². The van der Waals surface area contributed by atoms with E-state index in [-0.39, 0.29) is 23.9 Å². The van der Waals surface area contributed by atoms with Gasteiger partial charge in [0.1, 0.15) is 28.2 Å². The Morgan fingerprint density at radius 2 is 0.610 bits per heavy atom. The summed E-state index contributed by atoms with van der Waals surface area (Å²) >= 11 is 1.43. The Hall–Kier alpha value is -13.4. The molecule has 123 heavy (non-hydrogen) atoms. The minimum absolute atomic E-state index is 0.124. The first kappa shape index (κ1) is 88.9. The molecule has 0 saturated carbocycles. The van der Waals surface area contributed by atoms with Crippen molar-refractivity contribution in [1.29, 1.82) is 10.8 Å². The van der Waals surface area contributed by atoms with Crippen molar-refractivity contribution >= 4 is 144 Å². The Labute approximate surface area is 722 Å². The van der Waals surface area contributed by atoms with Crippen molar-refractivity contribution in [2.24, 2.45) is 56.4 Å². The Balaban J connectivity index is 0.000000167. The predicted molar refractivity (Wildman–Crippen MR) is 500 cm³/mol. The molecule has 0 atom stereocenters. The summed E-state index contributed by atoms with van der Waals surface area (Å²) in [4.78, 5) is 89.0. The lowest BCUT2D eigenvalue weighted by Crippen LogP contribution is -2.38. The fourth-order valence-corrected chi connectivity index (χ4v) is 14.4. The van der Waals surface area contributed by atoms with E-state index >= 15 is 0 Å². The molecular weight excluding hydrogens is 1560 g/mol. The number of amides is 4. The summed E-state index contributed by atoms with van der Waals surface area (Å²) in [6.07, 6.45) is 5.50. The molecule has 6 heterocycles. The van der Waals surface area contributed by atoms with Crippen LogP contribution in [0.3, 0.4) is 0 Å². The Morgan fingerprint density at radius 1 is 0.358 bits per heavy atom. The first-order chi connectivity index (χ1) is 58.1. The molecular formula is C98H106N16O8S. The average Bonchev–Trinajstić information content (AvgIpc) is 1.66. The first-order valence-electron chi connectivity index (χ1n) is 40.7. The van der Waals surface area contributed by atoms with Crippen molar-refractivity contribution in [3.63, 3.8) is 0 Å². The molecule has 24 nitrogen and oxygen atoms in total. The van der Waals surface area contributed by atoms with E-state index in [2.05, 4.69) is 111 Å². The average molecular weight is 1670 g/mol. The summed E-state index contributed by atoms with van der Waals surface area (Å²) in [6, 6.07) is 61.3. The molecule has 0 saturated heterocycles. The first-order valence-corrected chi connectivity index (χ1v) is 41.9. The minimum atomic E-state index is -0.798. The summed E-state index contributed by atoms with van der Waals surface area (Å²) in [5, 5.41) is 18.3. The molecule has 0 spiro atoms. The van der Waals surface area contributed by atoms with Crippen molar-refractivity contribution in [1.82, 2.24) is 5.32 Å². The molecule has 9 aromatic rings. The van der Waals surface area contributed by atoms with Crippen LogP contribution in [0.4, 0.5) is 64.7 Å². The zero-order valence-electron chi connectivity index (χ0n) is 72.4. The van der Waals surface area contributed by atoms with Gasteiger partial charge in [-0.2, -0.15) is 15.0 Å². The molecule has 0 bridgehead atoms. The molecule has 4 amide bonds. The van der Waals surface area contributed by atoms with Gasteiger partial charge < -0.3 is 41.9 Å². The van der Waals surface area contributed by atoms with Gasteiger partial charge in [0.25, 0.3) is 0 Å². The van der Waals surface area contributed by atoms with Gasteiger partial charge in [-0.25, -0.2) is 19.2 Å². The lowest BCUT2D eigenvalue weighted by Gasteiger charge is -2.21. The van der Waals surface area contributed by atoms with Crippen LogP contribution in [0.1, 0.15) is 186 Å². The highest BCUT2D eigenvalue weighted by Gasteiger charge is 2.28. The van der Waals surface area contributed by atoms with Crippen LogP contribution >= 0.6 is 11.8 Å². The minimum Gasteiger partial charge on any atom is -0.444 e. The molecule has 11 N–H and O–H groups in total. The van der Waals surface area contributed by atoms with Crippen molar-refractivity contribution in [3.8, 4) is 0 Å². The summed E-state index contributed by atoms with van der Waals surface area (Å²) in [5.41, 5.74) is 52.1. The number of nitrogens with two attached hydrogens (primary N) is 4. The normalized spacial score (nSPS) is 14.2. The van der Waals surface area contributed by atoms with Crippen LogP contribution in [0.2, 0.25) is 0 Å². The number of nitrogen functional groups attached to an aromatic ring is 2. The van der Waals surface area contributed by atoms with Crippen LogP contribution in [-0.2, 0) is 83.2 Å². The van der Waals surface area contributed by atoms with E-state index in [0.29, 0.717) is 42.9 Å². The number of rotatable bonds is 14. The number of nitrogens with one attached hydrogen (secondary N) is 3. The molecule has 15 rings (SSSR count). The Kier molecular flexibility index (Phi) is 27.2. The number of anilines is 2. The Bertz CT molecular complexity index is 5750. The van der Waals surface area contributed by atoms with E-state index in [0.717, 1.165) is 172 Å². The fraction of sp³-hybridized carbons (Fsp3) is 0.296. The van der Waals surface area contributed by atoms with Gasteiger partial charge in [0.15, 0.2) is 0 Å². The van der Waals surface area contributed by atoms with Gasteiger partial charge >= 0.3 is 24.4 Å². The second-order valence-corrected chi connectivity index (χ2v) is 35.8. The maximum atomic E-state index is 12.6. The molecule has 6 aliphatic heterocycles. The fourth-order valence-electron chi connectivity index (χ4n) is 14.3. The van der Waals surface area contributed by atoms with Gasteiger partial charge in [-0.3, -0.25) is 46.1 Å². The van der Waals surface area contributed by atoms with E-state index in [4.69, 9.17) is 82.7 Å². The SMILES string of the molecule is CC(Cc1ccc2c(c1)CC(c1ccc(C3=Nc4ccc(CC(=NC(=O)OC(C)(C)C)NC(=O)OC(C)(C)C)cc4C3)cc1)=N2)=NC(=O)OC(C)(C)C.CSC(C)=NC(=O)OC(C)(C)C.N=C(N)Cc1ccc2c(c1)CC(c1ccc(C3=Nc4ccc(CC(=N)N)cc4C3)cc1)=N2.Nc1ccc2c(c1)CC(c1ccc(C3=Nc4ccc(N)cc4C3)cc1)=N2. The topological polar surface area (TPSA) is 380 Å². The van der Waals surface area contributed by atoms with E-state index in [1.807, 2.05) is 146 Å². The van der Waals surface area contributed by atoms with E-state index in [1.165, 1.54) is 34.0 Å². The molecule has 9 aromatic carbocycles. The summed E-state index contributed by atoms with van der Waals surface area (Å²) < 4.78 is 21.0. The molecule has 0 aromatic heterocycles. The number of alkyl carbamates (subject to hydrolysis) is 1. The van der Waals surface area contributed by atoms with E-state index in [9.17, 15) is 19.2 Å². The number of thioether (sulfide) groups is 1. The van der Waals surface area contributed by atoms with E-state index in [1.54, 1.807) is 48.5 Å². The summed E-state index contributed by atoms with van der Waals surface area (Å²) in [5.74, 6) is 0.469. The van der Waals surface area contributed by atoms with Crippen molar-refractivity contribution < 1.29 is 38.1 Å². The molecule has 6 aliphatic rings. The van der Waals surface area contributed by atoms with Crippen LogP contribution in [0.5, 0.6) is 0 Å². The van der Waals surface area contributed by atoms with Gasteiger partial charge in [0.2, 0.25) is 0 Å². The molecule has 632 valence electrons. The third kappa shape index (κ3) is 25.3. The maximum absolute atomic E-state index is 12.6. The van der Waals surface area contributed by atoms with E-state index < -0.39 is 46.8 Å². The highest BCUT2D eigenvalue weighted by molar-refractivity contribution is 8.13. The monoisotopic (exact) mass is 1670 g/mol. The highest BCUT2D eigenvalue weighted by atomic mass is 32.2. The number of aliphatic imine (C=N–C) groups is 9. The zero-order valence-corrected chi connectivity index (χ0v) is 73.2. The number of hydrogen-bond donors (Lipinski definition) is 7. The summed E-state index contributed by atoms with van der Waals surface area (Å²) in [6.45, 7) is 25.0. The number of hydrogen-bond acceptors (Lipinski definition) is 19. The number of ether oxygens (including phenoxy) is 4. The van der Waals surface area contributed by atoms with Gasteiger partial charge in [-0.15, -0.1) is 11.8 Å². The number of carbonyl (C=O) groups is 4. The van der Waals surface area contributed by atoms with Crippen molar-refractivity contribution in [3.05, 3.63) is 271 Å². The van der Waals surface area contributed by atoms with Gasteiger partial charge in [-0.1, -0.05) is 121 Å². The van der Waals surface area contributed by atoms with Crippen LogP contribution < -0.4 is 28.3 Å². The molecule has 0 radical (unpaired) electrons. The smallest absolute Gasteiger partial charge is 0.435 e.